The van der Waals surface area contributed by atoms with E-state index >= 15 is 0 Å². The summed E-state index contributed by atoms with van der Waals surface area (Å²) in [6, 6.07) is 0.552. The zero-order valence-corrected chi connectivity index (χ0v) is 10.5. The van der Waals surface area contributed by atoms with Crippen LogP contribution in [0.25, 0.3) is 0 Å². The lowest BCUT2D eigenvalue weighted by Crippen LogP contribution is -2.36. The monoisotopic (exact) mass is 240 g/mol. The quantitative estimate of drug-likeness (QED) is 0.797. The standard InChI is InChI=1S/C11H17ClN4/c1-8-4-3-5-9(6-8)16(2)10-7-13-15-11(12)14-10/h7-9H,3-6H2,1-2H3. The van der Waals surface area contributed by atoms with E-state index in [4.69, 9.17) is 11.6 Å². The van der Waals surface area contributed by atoms with Crippen LogP contribution in [-0.2, 0) is 0 Å². The zero-order chi connectivity index (χ0) is 11.5. The molecule has 4 nitrogen and oxygen atoms in total. The minimum Gasteiger partial charge on any atom is -0.355 e. The lowest BCUT2D eigenvalue weighted by atomic mass is 9.86. The van der Waals surface area contributed by atoms with Gasteiger partial charge >= 0.3 is 0 Å². The summed E-state index contributed by atoms with van der Waals surface area (Å²) in [5.41, 5.74) is 0. The van der Waals surface area contributed by atoms with E-state index in [0.717, 1.165) is 11.7 Å². The fraction of sp³-hybridized carbons (Fsp3) is 0.727. The van der Waals surface area contributed by atoms with Crippen LogP contribution >= 0.6 is 11.6 Å². The van der Waals surface area contributed by atoms with Crippen LogP contribution in [0, 0.1) is 5.92 Å². The predicted octanol–water partition coefficient (Wildman–Crippen LogP) is 2.54. The molecule has 0 amide bonds. The Kier molecular flexibility index (Phi) is 3.59. The molecule has 1 aromatic rings. The molecule has 1 aliphatic carbocycles. The lowest BCUT2D eigenvalue weighted by molar-refractivity contribution is 0.335. The maximum absolute atomic E-state index is 5.75. The molecule has 0 aromatic carbocycles. The highest BCUT2D eigenvalue weighted by atomic mass is 35.5. The van der Waals surface area contributed by atoms with Crippen molar-refractivity contribution in [2.75, 3.05) is 11.9 Å². The Labute approximate surface area is 101 Å². The molecule has 0 bridgehead atoms. The maximum Gasteiger partial charge on any atom is 0.244 e. The summed E-state index contributed by atoms with van der Waals surface area (Å²) in [5, 5.41) is 7.71. The molecule has 2 unspecified atom stereocenters. The third kappa shape index (κ3) is 2.61. The van der Waals surface area contributed by atoms with Crippen molar-refractivity contribution in [1.29, 1.82) is 0 Å². The summed E-state index contributed by atoms with van der Waals surface area (Å²) in [6.45, 7) is 2.31. The van der Waals surface area contributed by atoms with Crippen molar-refractivity contribution < 1.29 is 0 Å². The van der Waals surface area contributed by atoms with E-state index in [-0.39, 0.29) is 5.28 Å². The van der Waals surface area contributed by atoms with Gasteiger partial charge in [-0.05, 0) is 30.4 Å². The van der Waals surface area contributed by atoms with Crippen LogP contribution in [0.15, 0.2) is 6.20 Å². The first-order chi connectivity index (χ1) is 7.66. The van der Waals surface area contributed by atoms with Gasteiger partial charge < -0.3 is 4.90 Å². The summed E-state index contributed by atoms with van der Waals surface area (Å²) in [7, 11) is 2.06. The molecule has 1 heterocycles. The van der Waals surface area contributed by atoms with Crippen LogP contribution in [0.4, 0.5) is 5.82 Å². The maximum atomic E-state index is 5.75. The van der Waals surface area contributed by atoms with Crippen LogP contribution < -0.4 is 4.90 Å². The van der Waals surface area contributed by atoms with Crippen molar-refractivity contribution in [2.45, 2.75) is 38.6 Å². The Hall–Kier alpha value is -0.900. The van der Waals surface area contributed by atoms with Gasteiger partial charge in [0.25, 0.3) is 0 Å². The van der Waals surface area contributed by atoms with Gasteiger partial charge in [-0.3, -0.25) is 0 Å². The second-order valence-electron chi connectivity index (χ2n) is 4.62. The fourth-order valence-electron chi connectivity index (χ4n) is 2.38. The van der Waals surface area contributed by atoms with Crippen LogP contribution in [-0.4, -0.2) is 28.3 Å². The van der Waals surface area contributed by atoms with Crippen molar-refractivity contribution in [2.24, 2.45) is 5.92 Å². The Morgan fingerprint density at radius 2 is 2.25 bits per heavy atom. The van der Waals surface area contributed by atoms with Crippen molar-refractivity contribution in [3.8, 4) is 0 Å². The Morgan fingerprint density at radius 3 is 2.94 bits per heavy atom. The van der Waals surface area contributed by atoms with Crippen LogP contribution in [0.3, 0.4) is 0 Å². The summed E-state index contributed by atoms with van der Waals surface area (Å²) < 4.78 is 0. The largest absolute Gasteiger partial charge is 0.355 e. The molecule has 1 aliphatic rings. The molecule has 0 radical (unpaired) electrons. The Balaban J connectivity index is 2.09. The van der Waals surface area contributed by atoms with Crippen LogP contribution in [0.2, 0.25) is 5.28 Å². The molecule has 1 aromatic heterocycles. The predicted molar refractivity (Wildman–Crippen MR) is 64.7 cm³/mol. The summed E-state index contributed by atoms with van der Waals surface area (Å²) >= 11 is 5.75. The third-order valence-corrected chi connectivity index (χ3v) is 3.50. The van der Waals surface area contributed by atoms with Gasteiger partial charge in [-0.1, -0.05) is 19.8 Å². The first-order valence-electron chi connectivity index (χ1n) is 5.75. The molecule has 0 N–H and O–H groups in total. The van der Waals surface area contributed by atoms with E-state index < -0.39 is 0 Å². The minimum atomic E-state index is 0.216. The first-order valence-corrected chi connectivity index (χ1v) is 6.12. The Bertz CT molecular complexity index is 358. The Morgan fingerprint density at radius 1 is 1.44 bits per heavy atom. The second kappa shape index (κ2) is 4.95. The molecule has 5 heteroatoms. The van der Waals surface area contributed by atoms with Crippen molar-refractivity contribution in [3.63, 3.8) is 0 Å². The third-order valence-electron chi connectivity index (χ3n) is 3.34. The molecular weight excluding hydrogens is 224 g/mol. The highest BCUT2D eigenvalue weighted by Gasteiger charge is 2.23. The van der Waals surface area contributed by atoms with Crippen molar-refractivity contribution in [1.82, 2.24) is 15.2 Å². The summed E-state index contributed by atoms with van der Waals surface area (Å²) in [6.07, 6.45) is 6.75. The number of hydrogen-bond acceptors (Lipinski definition) is 4. The van der Waals surface area contributed by atoms with Crippen LogP contribution in [0.1, 0.15) is 32.6 Å². The molecule has 1 saturated carbocycles. The van der Waals surface area contributed by atoms with E-state index in [0.29, 0.717) is 6.04 Å². The van der Waals surface area contributed by atoms with Crippen molar-refractivity contribution in [3.05, 3.63) is 11.5 Å². The number of aromatic nitrogens is 3. The fourth-order valence-corrected chi connectivity index (χ4v) is 2.51. The molecule has 16 heavy (non-hydrogen) atoms. The number of rotatable bonds is 2. The first kappa shape index (κ1) is 11.6. The van der Waals surface area contributed by atoms with Crippen molar-refractivity contribution >= 4 is 17.4 Å². The van der Waals surface area contributed by atoms with E-state index in [1.807, 2.05) is 0 Å². The number of hydrogen-bond donors (Lipinski definition) is 0. The number of anilines is 1. The summed E-state index contributed by atoms with van der Waals surface area (Å²) in [5.74, 6) is 1.62. The molecular formula is C11H17ClN4. The molecule has 2 rings (SSSR count). The highest BCUT2D eigenvalue weighted by molar-refractivity contribution is 6.28. The number of nitrogens with zero attached hydrogens (tertiary/aromatic N) is 4. The molecule has 88 valence electrons. The van der Waals surface area contributed by atoms with Gasteiger partial charge in [0.05, 0.1) is 6.20 Å². The zero-order valence-electron chi connectivity index (χ0n) is 9.73. The summed E-state index contributed by atoms with van der Waals surface area (Å²) in [4.78, 5) is 6.37. The minimum absolute atomic E-state index is 0.216. The molecule has 2 atom stereocenters. The van der Waals surface area contributed by atoms with Gasteiger partial charge in [0, 0.05) is 13.1 Å². The van der Waals surface area contributed by atoms with E-state index in [1.54, 1.807) is 6.20 Å². The van der Waals surface area contributed by atoms with Gasteiger partial charge in [0.15, 0.2) is 5.82 Å². The topological polar surface area (TPSA) is 41.9 Å². The highest BCUT2D eigenvalue weighted by Crippen LogP contribution is 2.28. The smallest absolute Gasteiger partial charge is 0.244 e. The second-order valence-corrected chi connectivity index (χ2v) is 4.96. The normalized spacial score (nSPS) is 25.4. The van der Waals surface area contributed by atoms with Gasteiger partial charge in [-0.25, -0.2) is 0 Å². The lowest BCUT2D eigenvalue weighted by Gasteiger charge is -2.34. The molecule has 0 spiro atoms. The van der Waals surface area contributed by atoms with Gasteiger partial charge in [-0.2, -0.15) is 10.1 Å². The number of halogens is 1. The SMILES string of the molecule is CC1CCCC(N(C)c2cnnc(Cl)n2)C1. The molecule has 0 aliphatic heterocycles. The molecule has 1 fully saturated rings. The molecule has 0 saturated heterocycles. The van der Waals surface area contributed by atoms with Gasteiger partial charge in [0.2, 0.25) is 5.28 Å². The van der Waals surface area contributed by atoms with E-state index in [2.05, 4.69) is 34.1 Å². The van der Waals surface area contributed by atoms with Gasteiger partial charge in [0.1, 0.15) is 0 Å². The van der Waals surface area contributed by atoms with Gasteiger partial charge in [-0.15, -0.1) is 5.10 Å². The van der Waals surface area contributed by atoms with E-state index in [9.17, 15) is 0 Å². The van der Waals surface area contributed by atoms with Crippen LogP contribution in [0.5, 0.6) is 0 Å². The van der Waals surface area contributed by atoms with E-state index in [1.165, 1.54) is 25.7 Å². The average molecular weight is 241 g/mol. The average Bonchev–Trinajstić information content (AvgIpc) is 2.28.